The molecule has 1 fully saturated rings. The maximum Gasteiger partial charge on any atom is 0.339 e. The van der Waals surface area contributed by atoms with Crippen molar-refractivity contribution in [1.29, 1.82) is 0 Å². The first kappa shape index (κ1) is 13.0. The van der Waals surface area contributed by atoms with Crippen molar-refractivity contribution in [3.05, 3.63) is 34.1 Å². The summed E-state index contributed by atoms with van der Waals surface area (Å²) in [6, 6.07) is 3.92. The summed E-state index contributed by atoms with van der Waals surface area (Å²) in [6.45, 7) is -0.349. The average Bonchev–Trinajstić information content (AvgIpc) is 3.13. The van der Waals surface area contributed by atoms with Gasteiger partial charge in [0.2, 0.25) is 0 Å². The molecule has 0 aromatic heterocycles. The predicted molar refractivity (Wildman–Crippen MR) is 65.5 cm³/mol. The van der Waals surface area contributed by atoms with E-state index in [1.165, 1.54) is 12.1 Å². The van der Waals surface area contributed by atoms with E-state index >= 15 is 0 Å². The van der Waals surface area contributed by atoms with Crippen LogP contribution in [0.5, 0.6) is 0 Å². The maximum atomic E-state index is 13.0. The van der Waals surface area contributed by atoms with Crippen molar-refractivity contribution in [1.82, 2.24) is 5.32 Å². The van der Waals surface area contributed by atoms with Gasteiger partial charge in [-0.2, -0.15) is 0 Å². The quantitative estimate of drug-likeness (QED) is 0.865. The molecule has 18 heavy (non-hydrogen) atoms. The Morgan fingerprint density at radius 2 is 2.17 bits per heavy atom. The molecule has 0 aliphatic heterocycles. The number of hydrogen-bond acceptors (Lipinski definition) is 3. The number of ether oxygens (including phenoxy) is 1. The fourth-order valence-electron chi connectivity index (χ4n) is 1.36. The standard InChI is InChI=1S/C12H11BrFNO3/c13-10-4-1-7(14)5-9(10)12(17)18-6-11(16)15-8-2-3-8/h1,4-5,8H,2-3,6H2,(H,15,16). The van der Waals surface area contributed by atoms with Crippen molar-refractivity contribution >= 4 is 27.8 Å². The predicted octanol–water partition coefficient (Wildman–Crippen LogP) is 2.02. The van der Waals surface area contributed by atoms with Crippen molar-refractivity contribution in [2.24, 2.45) is 0 Å². The van der Waals surface area contributed by atoms with Crippen molar-refractivity contribution in [2.75, 3.05) is 6.61 Å². The van der Waals surface area contributed by atoms with Crippen molar-refractivity contribution in [3.8, 4) is 0 Å². The number of carbonyl (C=O) groups excluding carboxylic acids is 2. The number of rotatable bonds is 4. The lowest BCUT2D eigenvalue weighted by atomic mass is 10.2. The van der Waals surface area contributed by atoms with Gasteiger partial charge in [0.05, 0.1) is 5.56 Å². The first-order valence-electron chi connectivity index (χ1n) is 5.48. The van der Waals surface area contributed by atoms with E-state index in [1.807, 2.05) is 0 Å². The van der Waals surface area contributed by atoms with Gasteiger partial charge in [-0.1, -0.05) is 0 Å². The third-order valence-electron chi connectivity index (χ3n) is 2.43. The molecule has 1 aliphatic carbocycles. The van der Waals surface area contributed by atoms with Gasteiger partial charge in [0, 0.05) is 10.5 Å². The van der Waals surface area contributed by atoms with Gasteiger partial charge in [0.25, 0.3) is 5.91 Å². The van der Waals surface area contributed by atoms with Crippen molar-refractivity contribution in [3.63, 3.8) is 0 Å². The molecule has 1 amide bonds. The van der Waals surface area contributed by atoms with Crippen molar-refractivity contribution in [2.45, 2.75) is 18.9 Å². The summed E-state index contributed by atoms with van der Waals surface area (Å²) < 4.78 is 18.2. The molecule has 0 bridgehead atoms. The SMILES string of the molecule is O=C(COC(=O)c1cc(F)ccc1Br)NC1CC1. The number of amides is 1. The normalized spacial score (nSPS) is 14.1. The maximum absolute atomic E-state index is 13.0. The minimum absolute atomic E-state index is 0.0641. The molecule has 4 nitrogen and oxygen atoms in total. The Bertz CT molecular complexity index is 488. The van der Waals surface area contributed by atoms with Gasteiger partial charge in [-0.25, -0.2) is 9.18 Å². The third kappa shape index (κ3) is 3.53. The summed E-state index contributed by atoms with van der Waals surface area (Å²) in [5, 5.41) is 2.68. The molecule has 1 aliphatic rings. The zero-order valence-electron chi connectivity index (χ0n) is 9.41. The summed E-state index contributed by atoms with van der Waals surface area (Å²) >= 11 is 3.12. The smallest absolute Gasteiger partial charge is 0.339 e. The molecular formula is C12H11BrFNO3. The van der Waals surface area contributed by atoms with Crippen LogP contribution in [-0.4, -0.2) is 24.5 Å². The molecule has 0 spiro atoms. The Hall–Kier alpha value is -1.43. The van der Waals surface area contributed by atoms with E-state index in [-0.39, 0.29) is 24.1 Å². The molecule has 96 valence electrons. The molecule has 0 saturated heterocycles. The first-order chi connectivity index (χ1) is 8.56. The van der Waals surface area contributed by atoms with E-state index in [0.29, 0.717) is 4.47 Å². The lowest BCUT2D eigenvalue weighted by molar-refractivity contribution is -0.124. The minimum atomic E-state index is -0.729. The second-order valence-corrected chi connectivity index (χ2v) is 4.90. The Balaban J connectivity index is 1.90. The van der Waals surface area contributed by atoms with E-state index < -0.39 is 11.8 Å². The number of nitrogens with one attached hydrogen (secondary N) is 1. The molecule has 1 aromatic rings. The minimum Gasteiger partial charge on any atom is -0.452 e. The van der Waals surface area contributed by atoms with Gasteiger partial charge >= 0.3 is 5.97 Å². The Morgan fingerprint density at radius 1 is 1.44 bits per heavy atom. The Kier molecular flexibility index (Phi) is 3.96. The molecule has 1 aromatic carbocycles. The topological polar surface area (TPSA) is 55.4 Å². The molecule has 0 unspecified atom stereocenters. The third-order valence-corrected chi connectivity index (χ3v) is 3.12. The number of carbonyl (C=O) groups is 2. The summed E-state index contributed by atoms with van der Waals surface area (Å²) in [6.07, 6.45) is 1.93. The van der Waals surface area contributed by atoms with Crippen LogP contribution >= 0.6 is 15.9 Å². The van der Waals surface area contributed by atoms with Gasteiger partial charge < -0.3 is 10.1 Å². The number of esters is 1. The van der Waals surface area contributed by atoms with Gasteiger partial charge in [0.1, 0.15) is 5.82 Å². The molecular weight excluding hydrogens is 305 g/mol. The summed E-state index contributed by atoms with van der Waals surface area (Å²) in [7, 11) is 0. The van der Waals surface area contributed by atoms with Crippen LogP contribution in [0.4, 0.5) is 4.39 Å². The highest BCUT2D eigenvalue weighted by atomic mass is 79.9. The molecule has 2 rings (SSSR count). The fraction of sp³-hybridized carbons (Fsp3) is 0.333. The fourth-order valence-corrected chi connectivity index (χ4v) is 1.77. The van der Waals surface area contributed by atoms with Crippen LogP contribution in [0.2, 0.25) is 0 Å². The highest BCUT2D eigenvalue weighted by Crippen LogP contribution is 2.19. The Morgan fingerprint density at radius 3 is 2.83 bits per heavy atom. The van der Waals surface area contributed by atoms with Crippen LogP contribution in [0.3, 0.4) is 0 Å². The highest BCUT2D eigenvalue weighted by Gasteiger charge is 2.23. The molecule has 0 heterocycles. The van der Waals surface area contributed by atoms with Crippen LogP contribution in [0.25, 0.3) is 0 Å². The largest absolute Gasteiger partial charge is 0.452 e. The molecule has 0 atom stereocenters. The molecule has 1 N–H and O–H groups in total. The molecule has 1 saturated carbocycles. The van der Waals surface area contributed by atoms with Gasteiger partial charge in [-0.15, -0.1) is 0 Å². The number of halogens is 2. The highest BCUT2D eigenvalue weighted by molar-refractivity contribution is 9.10. The van der Waals surface area contributed by atoms with E-state index in [2.05, 4.69) is 21.2 Å². The summed E-state index contributed by atoms with van der Waals surface area (Å²) in [5.41, 5.74) is 0.0641. The van der Waals surface area contributed by atoms with Gasteiger partial charge in [0.15, 0.2) is 6.61 Å². The van der Waals surface area contributed by atoms with Crippen LogP contribution in [0, 0.1) is 5.82 Å². The van der Waals surface area contributed by atoms with Gasteiger partial charge in [-0.05, 0) is 47.0 Å². The Labute approximate surface area is 112 Å². The summed E-state index contributed by atoms with van der Waals surface area (Å²) in [5.74, 6) is -1.60. The molecule has 6 heteroatoms. The zero-order chi connectivity index (χ0) is 13.1. The lowest BCUT2D eigenvalue weighted by Crippen LogP contribution is -2.30. The first-order valence-corrected chi connectivity index (χ1v) is 6.27. The second-order valence-electron chi connectivity index (χ2n) is 4.04. The van der Waals surface area contributed by atoms with Crippen molar-refractivity contribution < 1.29 is 18.7 Å². The van der Waals surface area contributed by atoms with E-state index in [4.69, 9.17) is 4.74 Å². The van der Waals surface area contributed by atoms with Crippen LogP contribution < -0.4 is 5.32 Å². The molecule has 0 radical (unpaired) electrons. The number of hydrogen-bond donors (Lipinski definition) is 1. The van der Waals surface area contributed by atoms with Crippen LogP contribution in [0.15, 0.2) is 22.7 Å². The van der Waals surface area contributed by atoms with E-state index in [0.717, 1.165) is 18.9 Å². The van der Waals surface area contributed by atoms with Crippen LogP contribution in [-0.2, 0) is 9.53 Å². The van der Waals surface area contributed by atoms with Crippen LogP contribution in [0.1, 0.15) is 23.2 Å². The van der Waals surface area contributed by atoms with Gasteiger partial charge in [-0.3, -0.25) is 4.79 Å². The monoisotopic (exact) mass is 315 g/mol. The van der Waals surface area contributed by atoms with E-state index in [1.54, 1.807) is 0 Å². The second kappa shape index (κ2) is 5.48. The lowest BCUT2D eigenvalue weighted by Gasteiger charge is -2.06. The average molecular weight is 316 g/mol. The summed E-state index contributed by atoms with van der Waals surface area (Å²) in [4.78, 5) is 22.9. The number of benzene rings is 1. The zero-order valence-corrected chi connectivity index (χ0v) is 11.0. The van der Waals surface area contributed by atoms with E-state index in [9.17, 15) is 14.0 Å².